The first kappa shape index (κ1) is 16.2. The predicted molar refractivity (Wildman–Crippen MR) is 97.4 cm³/mol. The third kappa shape index (κ3) is 3.04. The second kappa shape index (κ2) is 5.73. The van der Waals surface area contributed by atoms with Crippen molar-refractivity contribution in [2.75, 3.05) is 5.09 Å². The summed E-state index contributed by atoms with van der Waals surface area (Å²) in [6.45, 7) is 6.51. The van der Waals surface area contributed by atoms with Crippen LogP contribution in [0.15, 0.2) is 18.2 Å². The van der Waals surface area contributed by atoms with E-state index in [0.717, 1.165) is 22.2 Å². The van der Waals surface area contributed by atoms with Crippen LogP contribution in [0.3, 0.4) is 0 Å². The van der Waals surface area contributed by atoms with Crippen LogP contribution in [-0.4, -0.2) is 10.9 Å². The molecule has 122 valence electrons. The van der Waals surface area contributed by atoms with E-state index in [1.165, 1.54) is 18.4 Å². The molecular weight excluding hydrogens is 307 g/mol. The van der Waals surface area contributed by atoms with Crippen LogP contribution in [0.25, 0.3) is 10.9 Å². The standard InChI is InChI=1S/C17H23N4OP/c1-17(2,3)12-7-10(9-4-5-9)6-11-13(21-23)8-14(16(22)20-18)19-15(11)12/h6-9H,4-5,18,23H2,1-3H3,(H,19,21)(H,20,22). The molecular formula is C17H23N4OP. The highest BCUT2D eigenvalue weighted by atomic mass is 31.0. The Labute approximate surface area is 138 Å². The smallest absolute Gasteiger partial charge is 0.283 e. The third-order valence-electron chi connectivity index (χ3n) is 4.31. The molecule has 1 amide bonds. The molecule has 6 heteroatoms. The van der Waals surface area contributed by atoms with Gasteiger partial charge in [-0.2, -0.15) is 0 Å². The van der Waals surface area contributed by atoms with Crippen LogP contribution in [0.4, 0.5) is 5.69 Å². The molecule has 1 unspecified atom stereocenters. The maximum Gasteiger partial charge on any atom is 0.283 e. The second-order valence-corrected chi connectivity index (χ2v) is 7.45. The van der Waals surface area contributed by atoms with Crippen molar-refractivity contribution in [3.05, 3.63) is 35.0 Å². The summed E-state index contributed by atoms with van der Waals surface area (Å²) in [5, 5.41) is 4.15. The summed E-state index contributed by atoms with van der Waals surface area (Å²) in [4.78, 5) is 16.5. The van der Waals surface area contributed by atoms with Gasteiger partial charge in [0.2, 0.25) is 0 Å². The molecule has 0 radical (unpaired) electrons. The number of aromatic nitrogens is 1. The molecule has 23 heavy (non-hydrogen) atoms. The van der Waals surface area contributed by atoms with E-state index in [1.54, 1.807) is 6.07 Å². The minimum atomic E-state index is -0.389. The number of pyridine rings is 1. The molecule has 1 saturated carbocycles. The molecule has 5 nitrogen and oxygen atoms in total. The molecule has 1 aliphatic carbocycles. The van der Waals surface area contributed by atoms with E-state index in [4.69, 9.17) is 5.84 Å². The van der Waals surface area contributed by atoms with Crippen molar-refractivity contribution in [1.29, 1.82) is 0 Å². The zero-order valence-corrected chi connectivity index (χ0v) is 14.9. The van der Waals surface area contributed by atoms with Crippen molar-refractivity contribution in [2.45, 2.75) is 44.9 Å². The van der Waals surface area contributed by atoms with Crippen LogP contribution >= 0.6 is 9.39 Å². The van der Waals surface area contributed by atoms with Crippen molar-refractivity contribution in [3.8, 4) is 0 Å². The summed E-state index contributed by atoms with van der Waals surface area (Å²) in [6.07, 6.45) is 2.50. The summed E-state index contributed by atoms with van der Waals surface area (Å²) in [7, 11) is 2.50. The van der Waals surface area contributed by atoms with Gasteiger partial charge in [0.1, 0.15) is 5.69 Å². The van der Waals surface area contributed by atoms with Gasteiger partial charge in [-0.3, -0.25) is 10.2 Å². The monoisotopic (exact) mass is 330 g/mol. The zero-order valence-electron chi connectivity index (χ0n) is 13.7. The van der Waals surface area contributed by atoms with Gasteiger partial charge in [0.15, 0.2) is 0 Å². The number of nitrogens with two attached hydrogens (primary N) is 1. The second-order valence-electron chi connectivity index (χ2n) is 7.16. The van der Waals surface area contributed by atoms with Gasteiger partial charge in [0.05, 0.1) is 5.52 Å². The van der Waals surface area contributed by atoms with E-state index >= 15 is 0 Å². The molecule has 1 atom stereocenters. The molecule has 4 N–H and O–H groups in total. The maximum atomic E-state index is 11.9. The number of nitrogens with zero attached hydrogens (tertiary/aromatic N) is 1. The van der Waals surface area contributed by atoms with Crippen LogP contribution in [0.5, 0.6) is 0 Å². The molecule has 1 aromatic heterocycles. The molecule has 1 heterocycles. The van der Waals surface area contributed by atoms with Crippen molar-refractivity contribution in [2.24, 2.45) is 5.84 Å². The Morgan fingerprint density at radius 2 is 2.00 bits per heavy atom. The van der Waals surface area contributed by atoms with Gasteiger partial charge in [-0.25, -0.2) is 10.8 Å². The molecule has 0 saturated heterocycles. The predicted octanol–water partition coefficient (Wildman–Crippen LogP) is 3.22. The van der Waals surface area contributed by atoms with Crippen LogP contribution in [0.1, 0.15) is 61.1 Å². The third-order valence-corrected chi connectivity index (χ3v) is 4.62. The largest absolute Gasteiger partial charge is 0.369 e. The van der Waals surface area contributed by atoms with Crippen LogP contribution in [-0.2, 0) is 5.41 Å². The summed E-state index contributed by atoms with van der Waals surface area (Å²) >= 11 is 0. The molecule has 2 aromatic rings. The number of nitrogens with one attached hydrogen (secondary N) is 2. The Morgan fingerprint density at radius 1 is 1.30 bits per heavy atom. The lowest BCUT2D eigenvalue weighted by Crippen LogP contribution is -2.30. The van der Waals surface area contributed by atoms with Gasteiger partial charge in [-0.15, -0.1) is 0 Å². The van der Waals surface area contributed by atoms with Crippen molar-refractivity contribution in [3.63, 3.8) is 0 Å². The number of rotatable bonds is 3. The van der Waals surface area contributed by atoms with Crippen molar-refractivity contribution >= 4 is 31.9 Å². The number of hydrogen-bond acceptors (Lipinski definition) is 4. The van der Waals surface area contributed by atoms with E-state index in [-0.39, 0.29) is 11.3 Å². The van der Waals surface area contributed by atoms with E-state index in [2.05, 4.69) is 57.8 Å². The number of fused-ring (bicyclic) bond motifs is 1. The van der Waals surface area contributed by atoms with Crippen LogP contribution in [0, 0.1) is 0 Å². The molecule has 0 bridgehead atoms. The van der Waals surface area contributed by atoms with E-state index < -0.39 is 0 Å². The first-order valence-corrected chi connectivity index (χ1v) is 8.39. The fourth-order valence-corrected chi connectivity index (χ4v) is 3.12. The van der Waals surface area contributed by atoms with Crippen LogP contribution < -0.4 is 16.4 Å². The first-order valence-electron chi connectivity index (χ1n) is 7.82. The fraction of sp³-hybridized carbons (Fsp3) is 0.412. The topological polar surface area (TPSA) is 80.0 Å². The van der Waals surface area contributed by atoms with Crippen molar-refractivity contribution < 1.29 is 4.79 Å². The lowest BCUT2D eigenvalue weighted by Gasteiger charge is -2.23. The zero-order chi connectivity index (χ0) is 16.8. The quantitative estimate of drug-likeness (QED) is 0.349. The first-order chi connectivity index (χ1) is 10.8. The average molecular weight is 330 g/mol. The molecule has 1 aliphatic rings. The number of hydrogen-bond donors (Lipinski definition) is 3. The lowest BCUT2D eigenvalue weighted by molar-refractivity contribution is 0.0949. The Kier molecular flexibility index (Phi) is 4.03. The summed E-state index contributed by atoms with van der Waals surface area (Å²) < 4.78 is 0. The van der Waals surface area contributed by atoms with E-state index in [0.29, 0.717) is 11.6 Å². The van der Waals surface area contributed by atoms with Gasteiger partial charge in [0.25, 0.3) is 5.91 Å². The number of carbonyl (C=O) groups is 1. The van der Waals surface area contributed by atoms with Gasteiger partial charge in [-0.1, -0.05) is 26.8 Å². The summed E-state index contributed by atoms with van der Waals surface area (Å²) in [6, 6.07) is 6.19. The maximum absolute atomic E-state index is 11.9. The van der Waals surface area contributed by atoms with Crippen molar-refractivity contribution in [1.82, 2.24) is 10.4 Å². The normalized spacial score (nSPS) is 14.8. The van der Waals surface area contributed by atoms with Gasteiger partial charge >= 0.3 is 0 Å². The fourth-order valence-electron chi connectivity index (χ4n) is 2.88. The molecule has 0 spiro atoms. The SMILES string of the molecule is CC(C)(C)c1cc(C2CC2)cc2c(NP)cc(C(=O)NN)nc12. The number of hydrazine groups is 1. The summed E-state index contributed by atoms with van der Waals surface area (Å²) in [5.74, 6) is 5.54. The highest BCUT2D eigenvalue weighted by molar-refractivity contribution is 7.18. The van der Waals surface area contributed by atoms with Crippen LogP contribution in [0.2, 0.25) is 0 Å². The molecule has 0 aliphatic heterocycles. The average Bonchev–Trinajstić information content (AvgIpc) is 3.35. The highest BCUT2D eigenvalue weighted by Gasteiger charge is 2.28. The number of anilines is 1. The van der Waals surface area contributed by atoms with Gasteiger partial charge in [0, 0.05) is 11.1 Å². The number of nitrogen functional groups attached to an aromatic ring is 1. The number of carbonyl (C=O) groups excluding carboxylic acids is 1. The molecule has 1 aromatic carbocycles. The highest BCUT2D eigenvalue weighted by Crippen LogP contribution is 2.44. The number of benzene rings is 1. The Balaban J connectivity index is 2.34. The molecule has 1 fully saturated rings. The van der Waals surface area contributed by atoms with Gasteiger partial charge < -0.3 is 5.09 Å². The van der Waals surface area contributed by atoms with E-state index in [9.17, 15) is 4.79 Å². The molecule has 3 rings (SSSR count). The number of amides is 1. The Hall–Kier alpha value is -1.71. The summed E-state index contributed by atoms with van der Waals surface area (Å²) in [5.41, 5.74) is 6.65. The Bertz CT molecular complexity index is 778. The minimum Gasteiger partial charge on any atom is -0.369 e. The van der Waals surface area contributed by atoms with Gasteiger partial charge in [-0.05, 0) is 56.8 Å². The minimum absolute atomic E-state index is 0.0634. The lowest BCUT2D eigenvalue weighted by atomic mass is 9.83. The van der Waals surface area contributed by atoms with E-state index in [1.807, 2.05) is 0 Å². The Morgan fingerprint density at radius 3 is 2.52 bits per heavy atom.